The van der Waals surface area contributed by atoms with Crippen LogP contribution >= 0.6 is 11.6 Å². The Morgan fingerprint density at radius 3 is 2.25 bits per heavy atom. The number of allylic oxidation sites excluding steroid dienone is 1. The Morgan fingerprint density at radius 1 is 1.12 bits per heavy atom. The smallest absolute Gasteiger partial charge is 0.320 e. The summed E-state index contributed by atoms with van der Waals surface area (Å²) in [5.74, 6) is -2.27. The lowest BCUT2D eigenvalue weighted by molar-refractivity contribution is -0.163. The van der Waals surface area contributed by atoms with Gasteiger partial charge in [-0.25, -0.2) is 0 Å². The summed E-state index contributed by atoms with van der Waals surface area (Å²) in [7, 11) is 0. The molecule has 1 aliphatic rings. The second-order valence-corrected chi connectivity index (χ2v) is 6.06. The maximum atomic E-state index is 12.4. The summed E-state index contributed by atoms with van der Waals surface area (Å²) in [6.07, 6.45) is 2.38. The van der Waals surface area contributed by atoms with E-state index in [1.54, 1.807) is 13.8 Å². The summed E-state index contributed by atoms with van der Waals surface area (Å²) in [6.45, 7) is 3.91. The van der Waals surface area contributed by atoms with Crippen molar-refractivity contribution in [2.45, 2.75) is 33.1 Å². The summed E-state index contributed by atoms with van der Waals surface area (Å²) in [4.78, 5) is 24.7. The van der Waals surface area contributed by atoms with Gasteiger partial charge in [-0.05, 0) is 44.2 Å². The third-order valence-electron chi connectivity index (χ3n) is 4.20. The van der Waals surface area contributed by atoms with E-state index in [1.807, 2.05) is 30.3 Å². The fraction of sp³-hybridized carbons (Fsp3) is 0.474. The van der Waals surface area contributed by atoms with Crippen LogP contribution in [0.1, 0.15) is 38.7 Å². The molecule has 0 radical (unpaired) electrons. The molecule has 5 heteroatoms. The largest absolute Gasteiger partial charge is 0.465 e. The minimum atomic E-state index is -0.945. The molecule has 0 amide bonds. The maximum Gasteiger partial charge on any atom is 0.320 e. The van der Waals surface area contributed by atoms with E-state index in [2.05, 4.69) is 0 Å². The van der Waals surface area contributed by atoms with Gasteiger partial charge in [0.2, 0.25) is 0 Å². The molecule has 130 valence electrons. The molecule has 1 atom stereocenters. The van der Waals surface area contributed by atoms with Crippen LogP contribution in [0.5, 0.6) is 0 Å². The van der Waals surface area contributed by atoms with Crippen molar-refractivity contribution < 1.29 is 19.1 Å². The number of hydrogen-bond acceptors (Lipinski definition) is 4. The molecule has 2 rings (SSSR count). The third-order valence-corrected chi connectivity index (χ3v) is 4.66. The van der Waals surface area contributed by atoms with Gasteiger partial charge >= 0.3 is 11.9 Å². The second-order valence-electron chi connectivity index (χ2n) is 5.69. The standard InChI is InChI=1S/C19H23ClO4/c1-3-23-18(21)16(19(22)24-4-2)14-11-8-12-15(14)17(20)13-9-6-5-7-10-13/h5-7,9-10,14,16H,3-4,8,11-12H2,1-2H3/b17-15+. The van der Waals surface area contributed by atoms with Crippen LogP contribution < -0.4 is 0 Å². The van der Waals surface area contributed by atoms with Gasteiger partial charge in [0.1, 0.15) is 0 Å². The number of benzene rings is 1. The topological polar surface area (TPSA) is 52.6 Å². The minimum absolute atomic E-state index is 0.229. The first-order valence-corrected chi connectivity index (χ1v) is 8.75. The molecular formula is C19H23ClO4. The van der Waals surface area contributed by atoms with Gasteiger partial charge in [0.05, 0.1) is 13.2 Å². The first kappa shape index (κ1) is 18.5. The van der Waals surface area contributed by atoms with Gasteiger partial charge in [-0.15, -0.1) is 0 Å². The molecule has 0 heterocycles. The highest BCUT2D eigenvalue weighted by Crippen LogP contribution is 2.43. The highest BCUT2D eigenvalue weighted by molar-refractivity contribution is 6.49. The average molecular weight is 351 g/mol. The lowest BCUT2D eigenvalue weighted by Gasteiger charge is -2.22. The number of ether oxygens (including phenoxy) is 2. The van der Waals surface area contributed by atoms with Crippen LogP contribution in [0.2, 0.25) is 0 Å². The molecule has 1 aliphatic carbocycles. The molecule has 0 spiro atoms. The van der Waals surface area contributed by atoms with Gasteiger partial charge in [-0.2, -0.15) is 0 Å². The van der Waals surface area contributed by atoms with E-state index in [-0.39, 0.29) is 19.1 Å². The number of esters is 2. The Morgan fingerprint density at radius 2 is 1.71 bits per heavy atom. The van der Waals surface area contributed by atoms with E-state index in [1.165, 1.54) is 0 Å². The fourth-order valence-corrected chi connectivity index (χ4v) is 3.53. The zero-order valence-corrected chi connectivity index (χ0v) is 14.8. The number of carbonyl (C=O) groups excluding carboxylic acids is 2. The molecule has 0 N–H and O–H groups in total. The zero-order chi connectivity index (χ0) is 17.5. The molecule has 1 aromatic carbocycles. The van der Waals surface area contributed by atoms with Crippen molar-refractivity contribution in [2.24, 2.45) is 11.8 Å². The molecule has 24 heavy (non-hydrogen) atoms. The van der Waals surface area contributed by atoms with Crippen LogP contribution in [0, 0.1) is 11.8 Å². The highest BCUT2D eigenvalue weighted by Gasteiger charge is 2.42. The Hall–Kier alpha value is -1.81. The van der Waals surface area contributed by atoms with E-state index in [0.29, 0.717) is 5.03 Å². The summed E-state index contributed by atoms with van der Waals surface area (Å²) in [5, 5.41) is 0.622. The third kappa shape index (κ3) is 4.18. The van der Waals surface area contributed by atoms with Crippen molar-refractivity contribution in [2.75, 3.05) is 13.2 Å². The lowest BCUT2D eigenvalue weighted by Crippen LogP contribution is -2.34. The SMILES string of the molecule is CCOC(=O)C(C(=O)OCC)C1CCC/C1=C(\Cl)c1ccccc1. The van der Waals surface area contributed by atoms with Crippen LogP contribution in [0.4, 0.5) is 0 Å². The second kappa shape index (κ2) is 8.88. The molecule has 0 saturated heterocycles. The fourth-order valence-electron chi connectivity index (χ4n) is 3.17. The van der Waals surface area contributed by atoms with Crippen molar-refractivity contribution in [3.8, 4) is 0 Å². The molecule has 1 aromatic rings. The molecule has 0 bridgehead atoms. The van der Waals surface area contributed by atoms with Gasteiger partial charge in [0.15, 0.2) is 5.92 Å². The number of halogens is 1. The Labute approximate surface area is 147 Å². The van der Waals surface area contributed by atoms with Crippen LogP contribution in [0.25, 0.3) is 5.03 Å². The Kier molecular flexibility index (Phi) is 6.85. The van der Waals surface area contributed by atoms with Crippen LogP contribution in [-0.2, 0) is 19.1 Å². The van der Waals surface area contributed by atoms with E-state index < -0.39 is 17.9 Å². The Bertz CT molecular complexity index is 591. The van der Waals surface area contributed by atoms with Gasteiger partial charge in [0, 0.05) is 11.0 Å². The summed E-state index contributed by atoms with van der Waals surface area (Å²) in [5.41, 5.74) is 1.83. The molecule has 1 saturated carbocycles. The van der Waals surface area contributed by atoms with E-state index >= 15 is 0 Å². The monoisotopic (exact) mass is 350 g/mol. The zero-order valence-electron chi connectivity index (χ0n) is 14.1. The van der Waals surface area contributed by atoms with Crippen molar-refractivity contribution in [1.82, 2.24) is 0 Å². The maximum absolute atomic E-state index is 12.4. The molecule has 0 aliphatic heterocycles. The van der Waals surface area contributed by atoms with Crippen molar-refractivity contribution in [3.05, 3.63) is 41.5 Å². The van der Waals surface area contributed by atoms with E-state index in [9.17, 15) is 9.59 Å². The van der Waals surface area contributed by atoms with Crippen LogP contribution in [-0.4, -0.2) is 25.2 Å². The number of rotatable bonds is 6. The van der Waals surface area contributed by atoms with Crippen molar-refractivity contribution >= 4 is 28.6 Å². The first-order valence-electron chi connectivity index (χ1n) is 8.37. The van der Waals surface area contributed by atoms with Gasteiger partial charge in [-0.1, -0.05) is 41.9 Å². The Balaban J connectivity index is 2.37. The van der Waals surface area contributed by atoms with Gasteiger partial charge in [0.25, 0.3) is 0 Å². The van der Waals surface area contributed by atoms with Gasteiger partial charge in [-0.3, -0.25) is 9.59 Å². The number of carbonyl (C=O) groups is 2. The molecule has 1 unspecified atom stereocenters. The van der Waals surface area contributed by atoms with E-state index in [4.69, 9.17) is 21.1 Å². The normalized spacial score (nSPS) is 19.2. The predicted octanol–water partition coefficient (Wildman–Crippen LogP) is 4.18. The minimum Gasteiger partial charge on any atom is -0.465 e. The van der Waals surface area contributed by atoms with Crippen LogP contribution in [0.3, 0.4) is 0 Å². The molecule has 4 nitrogen and oxygen atoms in total. The van der Waals surface area contributed by atoms with E-state index in [0.717, 1.165) is 30.4 Å². The van der Waals surface area contributed by atoms with Gasteiger partial charge < -0.3 is 9.47 Å². The lowest BCUT2D eigenvalue weighted by atomic mass is 9.86. The summed E-state index contributed by atoms with van der Waals surface area (Å²) < 4.78 is 10.2. The molecule has 1 fully saturated rings. The molecular weight excluding hydrogens is 328 g/mol. The quantitative estimate of drug-likeness (QED) is 0.570. The average Bonchev–Trinajstić information content (AvgIpc) is 3.05. The molecule has 0 aromatic heterocycles. The predicted molar refractivity (Wildman–Crippen MR) is 93.3 cm³/mol. The highest BCUT2D eigenvalue weighted by atomic mass is 35.5. The summed E-state index contributed by atoms with van der Waals surface area (Å²) in [6, 6.07) is 9.60. The number of hydrogen-bond donors (Lipinski definition) is 0. The van der Waals surface area contributed by atoms with Crippen LogP contribution in [0.15, 0.2) is 35.9 Å². The van der Waals surface area contributed by atoms with Crippen molar-refractivity contribution in [3.63, 3.8) is 0 Å². The summed E-state index contributed by atoms with van der Waals surface area (Å²) >= 11 is 6.59. The van der Waals surface area contributed by atoms with Crippen molar-refractivity contribution in [1.29, 1.82) is 0 Å². The first-order chi connectivity index (χ1) is 11.6.